The first-order valence-corrected chi connectivity index (χ1v) is 10.7. The molecule has 0 saturated heterocycles. The molecular weight excluding hydrogens is 400 g/mol. The molecule has 0 heterocycles. The van der Waals surface area contributed by atoms with E-state index in [0.29, 0.717) is 30.4 Å². The molecule has 1 aromatic carbocycles. The van der Waals surface area contributed by atoms with Crippen LogP contribution in [0, 0.1) is 37.5 Å². The molecule has 0 N–H and O–H groups in total. The normalized spacial score (nSPS) is 23.1. The number of hydrogen-bond donors (Lipinski definition) is 0. The van der Waals surface area contributed by atoms with E-state index in [4.69, 9.17) is 0 Å². The lowest BCUT2D eigenvalue weighted by Gasteiger charge is -2.55. The zero-order chi connectivity index (χ0) is 23.9. The van der Waals surface area contributed by atoms with Crippen LogP contribution >= 0.6 is 0 Å². The molecule has 8 nitrogen and oxygen atoms in total. The van der Waals surface area contributed by atoms with Gasteiger partial charge in [-0.15, -0.1) is 0 Å². The lowest BCUT2D eigenvalue weighted by Crippen LogP contribution is -2.60. The van der Waals surface area contributed by atoms with Gasteiger partial charge in [-0.05, 0) is 56.4 Å². The third kappa shape index (κ3) is 3.66. The number of benzene rings is 1. The Hall–Kier alpha value is -2.64. The highest BCUT2D eigenvalue weighted by atomic mass is 16.6. The Morgan fingerprint density at radius 3 is 1.97 bits per heavy atom. The predicted molar refractivity (Wildman–Crippen MR) is 117 cm³/mol. The Balaban J connectivity index is 3.17. The second kappa shape index (κ2) is 8.48. The molecule has 8 heteroatoms. The van der Waals surface area contributed by atoms with Gasteiger partial charge < -0.3 is 0 Å². The highest BCUT2D eigenvalue weighted by molar-refractivity contribution is 6.07. The Labute approximate surface area is 182 Å². The summed E-state index contributed by atoms with van der Waals surface area (Å²) in [5, 5.41) is 23.7. The lowest BCUT2D eigenvalue weighted by atomic mass is 9.44. The molecule has 1 saturated carbocycles. The predicted octanol–water partition coefficient (Wildman–Crippen LogP) is 5.50. The molecule has 1 aromatic rings. The van der Waals surface area contributed by atoms with Crippen molar-refractivity contribution in [2.24, 2.45) is 17.3 Å². The van der Waals surface area contributed by atoms with Gasteiger partial charge in [0.25, 0.3) is 11.4 Å². The van der Waals surface area contributed by atoms with Gasteiger partial charge in [0, 0.05) is 17.0 Å². The van der Waals surface area contributed by atoms with E-state index in [1.807, 2.05) is 34.6 Å². The van der Waals surface area contributed by atoms with Crippen LogP contribution in [-0.4, -0.2) is 21.4 Å². The molecule has 0 aromatic heterocycles. The number of carbonyl (C=O) groups excluding carboxylic acids is 2. The highest BCUT2D eigenvalue weighted by Crippen LogP contribution is 2.61. The minimum atomic E-state index is -1.43. The fourth-order valence-corrected chi connectivity index (χ4v) is 5.89. The molecule has 1 fully saturated rings. The zero-order valence-corrected chi connectivity index (χ0v) is 19.4. The van der Waals surface area contributed by atoms with Crippen molar-refractivity contribution in [1.82, 2.24) is 0 Å². The van der Waals surface area contributed by atoms with Crippen molar-refractivity contribution in [1.29, 1.82) is 0 Å². The molecule has 0 bridgehead atoms. The van der Waals surface area contributed by atoms with Gasteiger partial charge in [-0.25, -0.2) is 0 Å². The second-order valence-electron chi connectivity index (χ2n) is 9.59. The summed E-state index contributed by atoms with van der Waals surface area (Å²) in [7, 11) is 0. The molecule has 0 spiro atoms. The van der Waals surface area contributed by atoms with Crippen LogP contribution in [0.15, 0.2) is 12.1 Å². The Morgan fingerprint density at radius 1 is 1.03 bits per heavy atom. The number of rotatable bonds is 7. The third-order valence-electron chi connectivity index (χ3n) is 7.24. The van der Waals surface area contributed by atoms with E-state index in [1.54, 1.807) is 0 Å². The van der Waals surface area contributed by atoms with Gasteiger partial charge in [-0.3, -0.25) is 29.8 Å². The van der Waals surface area contributed by atoms with Crippen LogP contribution in [0.25, 0.3) is 0 Å². The summed E-state index contributed by atoms with van der Waals surface area (Å²) in [5.74, 6) is -1.07. The van der Waals surface area contributed by atoms with E-state index in [2.05, 4.69) is 0 Å². The van der Waals surface area contributed by atoms with E-state index in [-0.39, 0.29) is 40.7 Å². The summed E-state index contributed by atoms with van der Waals surface area (Å²) in [6.07, 6.45) is 1.43. The van der Waals surface area contributed by atoms with Crippen LogP contribution in [0.5, 0.6) is 0 Å². The number of ketones is 2. The first-order valence-electron chi connectivity index (χ1n) is 10.7. The molecule has 2 rings (SSSR count). The highest BCUT2D eigenvalue weighted by Gasteiger charge is 2.64. The van der Waals surface area contributed by atoms with Crippen LogP contribution in [0.1, 0.15) is 84.8 Å². The third-order valence-corrected chi connectivity index (χ3v) is 7.24. The van der Waals surface area contributed by atoms with Crippen LogP contribution < -0.4 is 0 Å². The van der Waals surface area contributed by atoms with Crippen molar-refractivity contribution in [2.45, 2.75) is 79.1 Å². The molecular formula is C23H32N2O6. The Bertz CT molecular complexity index is 922. The number of Topliss-reactive ketones (excluding diaryl/α,β-unsaturated/α-hetero) is 2. The summed E-state index contributed by atoms with van der Waals surface area (Å²) < 4.78 is 0. The summed E-state index contributed by atoms with van der Waals surface area (Å²) in [5.41, 5.74) is -2.54. The summed E-state index contributed by atoms with van der Waals surface area (Å²) in [6.45, 7) is 12.2. The van der Waals surface area contributed by atoms with Crippen molar-refractivity contribution >= 4 is 22.9 Å². The van der Waals surface area contributed by atoms with Crippen LogP contribution in [0.3, 0.4) is 0 Å². The molecule has 0 amide bonds. The molecule has 2 atom stereocenters. The SMILES string of the molecule is CC(=O)C1(C(C)=O)CC(C)CCC1(c1c(C(C)C)cc([N+](=O)[O-])cc1[N+](=O)[O-])C(C)C. The van der Waals surface area contributed by atoms with E-state index in [1.165, 1.54) is 19.9 Å². The standard InChI is InChI=1S/C23H32N2O6/c1-13(2)19-10-18(24(28)29)11-20(25(30)31)21(19)22(14(3)4)9-8-15(5)12-23(22,16(6)26)17(7)27/h10-11,13-15H,8-9,12H2,1-7H3. The lowest BCUT2D eigenvalue weighted by molar-refractivity contribution is -0.395. The van der Waals surface area contributed by atoms with Gasteiger partial charge in [0.2, 0.25) is 0 Å². The van der Waals surface area contributed by atoms with E-state index in [9.17, 15) is 29.8 Å². The van der Waals surface area contributed by atoms with Gasteiger partial charge >= 0.3 is 0 Å². The summed E-state index contributed by atoms with van der Waals surface area (Å²) in [4.78, 5) is 48.9. The smallest absolute Gasteiger partial charge is 0.280 e. The van der Waals surface area contributed by atoms with Crippen molar-refractivity contribution in [3.63, 3.8) is 0 Å². The molecule has 31 heavy (non-hydrogen) atoms. The van der Waals surface area contributed by atoms with Crippen molar-refractivity contribution in [2.75, 3.05) is 0 Å². The van der Waals surface area contributed by atoms with Crippen LogP contribution in [0.2, 0.25) is 0 Å². The van der Waals surface area contributed by atoms with Gasteiger partial charge in [0.15, 0.2) is 0 Å². The van der Waals surface area contributed by atoms with Crippen LogP contribution in [-0.2, 0) is 15.0 Å². The zero-order valence-electron chi connectivity index (χ0n) is 19.4. The molecule has 0 aliphatic heterocycles. The molecule has 0 radical (unpaired) electrons. The van der Waals surface area contributed by atoms with Crippen molar-refractivity contribution in [3.8, 4) is 0 Å². The largest absolute Gasteiger partial charge is 0.299 e. The van der Waals surface area contributed by atoms with E-state index >= 15 is 0 Å². The Morgan fingerprint density at radius 2 is 1.58 bits per heavy atom. The first-order chi connectivity index (χ1) is 14.2. The summed E-state index contributed by atoms with van der Waals surface area (Å²) >= 11 is 0. The van der Waals surface area contributed by atoms with Crippen molar-refractivity contribution in [3.05, 3.63) is 43.5 Å². The molecule has 1 aliphatic rings. The minimum Gasteiger partial charge on any atom is -0.299 e. The molecule has 1 aliphatic carbocycles. The average Bonchev–Trinajstić information content (AvgIpc) is 2.65. The number of nitro groups is 2. The number of carbonyl (C=O) groups is 2. The van der Waals surface area contributed by atoms with Crippen LogP contribution in [0.4, 0.5) is 11.4 Å². The number of nitro benzene ring substituents is 2. The molecule has 170 valence electrons. The quantitative estimate of drug-likeness (QED) is 0.318. The van der Waals surface area contributed by atoms with Gasteiger partial charge in [0.1, 0.15) is 11.6 Å². The minimum absolute atomic E-state index is 0.0966. The fourth-order valence-electron chi connectivity index (χ4n) is 5.89. The maximum Gasteiger partial charge on any atom is 0.280 e. The van der Waals surface area contributed by atoms with E-state index < -0.39 is 20.7 Å². The average molecular weight is 433 g/mol. The number of non-ortho nitro benzene ring substituents is 1. The summed E-state index contributed by atoms with van der Waals surface area (Å²) in [6, 6.07) is 2.36. The van der Waals surface area contributed by atoms with Crippen molar-refractivity contribution < 1.29 is 19.4 Å². The number of hydrogen-bond acceptors (Lipinski definition) is 6. The Kier molecular flexibility index (Phi) is 6.73. The first kappa shape index (κ1) is 24.6. The van der Waals surface area contributed by atoms with Gasteiger partial charge in [0.05, 0.1) is 21.3 Å². The molecule has 2 unspecified atom stereocenters. The van der Waals surface area contributed by atoms with E-state index in [0.717, 1.165) is 6.07 Å². The fraction of sp³-hybridized carbons (Fsp3) is 0.652. The maximum absolute atomic E-state index is 13.2. The topological polar surface area (TPSA) is 120 Å². The maximum atomic E-state index is 13.2. The second-order valence-corrected chi connectivity index (χ2v) is 9.59. The van der Waals surface area contributed by atoms with Gasteiger partial charge in [-0.1, -0.05) is 34.6 Å². The number of nitrogens with zero attached hydrogens (tertiary/aromatic N) is 2. The monoisotopic (exact) mass is 432 g/mol. The van der Waals surface area contributed by atoms with Gasteiger partial charge in [-0.2, -0.15) is 0 Å².